The minimum Gasteiger partial charge on any atom is -0.246 e. The number of nitrogens with zero attached hydrogens (tertiary/aromatic N) is 2. The van der Waals surface area contributed by atoms with Crippen molar-refractivity contribution in [2.45, 2.75) is 12.5 Å². The highest BCUT2D eigenvalue weighted by molar-refractivity contribution is 7.80. The van der Waals surface area contributed by atoms with Gasteiger partial charge in [-0.2, -0.15) is 12.6 Å². The largest absolute Gasteiger partial charge is 0.352 e. The highest BCUT2D eigenvalue weighted by Crippen LogP contribution is 2.13. The Morgan fingerprint density at radius 3 is 2.17 bits per heavy atom. The van der Waals surface area contributed by atoms with Gasteiger partial charge in [0.2, 0.25) is 0 Å². The molecule has 1 aromatic heterocycles. The predicted octanol–water partition coefficient (Wildman–Crippen LogP) is 2.04. The summed E-state index contributed by atoms with van der Waals surface area (Å²) < 4.78 is 2.51. The smallest absolute Gasteiger partial charge is 0.246 e. The molecule has 0 bridgehead atoms. The number of aromatic amines is 1. The maximum atomic E-state index is 12.6. The van der Waals surface area contributed by atoms with Crippen LogP contribution >= 0.6 is 12.6 Å². The van der Waals surface area contributed by atoms with E-state index in [1.54, 1.807) is 12.1 Å². The number of hydrogen-bond donors (Lipinski definition) is 2. The summed E-state index contributed by atoms with van der Waals surface area (Å²) in [5.74, 6) is 0.399. The van der Waals surface area contributed by atoms with Crippen molar-refractivity contribution in [1.82, 2.24) is 14.3 Å². The molecule has 0 radical (unpaired) electrons. The average Bonchev–Trinajstić information content (AvgIpc) is 2.89. The van der Waals surface area contributed by atoms with Crippen LogP contribution in [0, 0.1) is 0 Å². The van der Waals surface area contributed by atoms with Crippen LogP contribution in [0.4, 0.5) is 0 Å². The molecule has 1 N–H and O–H groups in total. The van der Waals surface area contributed by atoms with Crippen LogP contribution in [0.5, 0.6) is 0 Å². The zero-order chi connectivity index (χ0) is 16.2. The van der Waals surface area contributed by atoms with Gasteiger partial charge in [0, 0.05) is 5.75 Å². The normalized spacial score (nSPS) is 12.2. The van der Waals surface area contributed by atoms with Gasteiger partial charge in [0.15, 0.2) is 0 Å². The fraction of sp³-hybridized carbons (Fsp3) is 0.176. The molecule has 0 fully saturated rings. The van der Waals surface area contributed by atoms with Gasteiger partial charge >= 0.3 is 11.4 Å². The Hall–Kier alpha value is -2.47. The van der Waals surface area contributed by atoms with Gasteiger partial charge in [0.1, 0.15) is 0 Å². The molecule has 3 rings (SSSR count). The molecule has 1 unspecified atom stereocenters. The monoisotopic (exact) mass is 327 g/mol. The third-order valence-electron chi connectivity index (χ3n) is 3.73. The minimum atomic E-state index is -0.422. The molecule has 0 amide bonds. The molecule has 0 saturated carbocycles. The van der Waals surface area contributed by atoms with E-state index in [0.29, 0.717) is 17.9 Å². The standard InChI is InChI=1S/C17H17N3O2S/c21-16-18-20(14-9-5-2-6-10-14)17(22)19(16)15(12-23)11-13-7-3-1-4-8-13/h1-10,15,23H,11-12H2,(H,18,21). The lowest BCUT2D eigenvalue weighted by atomic mass is 10.1. The Morgan fingerprint density at radius 2 is 1.57 bits per heavy atom. The van der Waals surface area contributed by atoms with E-state index in [0.717, 1.165) is 5.56 Å². The molecule has 1 atom stereocenters. The molecule has 0 spiro atoms. The quantitative estimate of drug-likeness (QED) is 0.705. The van der Waals surface area contributed by atoms with Crippen molar-refractivity contribution < 1.29 is 0 Å². The van der Waals surface area contributed by atoms with E-state index in [1.807, 2.05) is 48.5 Å². The van der Waals surface area contributed by atoms with Gasteiger partial charge in [-0.1, -0.05) is 48.5 Å². The Bertz CT molecular complexity index is 881. The number of para-hydroxylation sites is 1. The summed E-state index contributed by atoms with van der Waals surface area (Å²) in [7, 11) is 0. The van der Waals surface area contributed by atoms with Crippen molar-refractivity contribution in [2.75, 3.05) is 5.75 Å². The van der Waals surface area contributed by atoms with Crippen LogP contribution in [0.15, 0.2) is 70.3 Å². The Labute approximate surface area is 138 Å². The second-order valence-electron chi connectivity index (χ2n) is 5.27. The molecule has 0 saturated heterocycles. The number of benzene rings is 2. The summed E-state index contributed by atoms with van der Waals surface area (Å²) in [5, 5.41) is 2.61. The van der Waals surface area contributed by atoms with Crippen LogP contribution in [-0.2, 0) is 6.42 Å². The Kier molecular flexibility index (Phi) is 4.52. The van der Waals surface area contributed by atoms with E-state index in [2.05, 4.69) is 17.7 Å². The van der Waals surface area contributed by atoms with Crippen molar-refractivity contribution in [3.63, 3.8) is 0 Å². The van der Waals surface area contributed by atoms with Gasteiger partial charge in [0.05, 0.1) is 11.7 Å². The van der Waals surface area contributed by atoms with Gasteiger partial charge in [-0.05, 0) is 24.1 Å². The molecule has 0 aliphatic rings. The molecule has 0 aliphatic heterocycles. The molecular formula is C17H17N3O2S. The lowest BCUT2D eigenvalue weighted by Gasteiger charge is -2.13. The van der Waals surface area contributed by atoms with Crippen molar-refractivity contribution in [1.29, 1.82) is 0 Å². The lowest BCUT2D eigenvalue weighted by Crippen LogP contribution is -2.34. The first-order valence-corrected chi connectivity index (χ1v) is 7.97. The third-order valence-corrected chi connectivity index (χ3v) is 4.15. The SMILES string of the molecule is O=c1[nH]n(-c2ccccc2)c(=O)n1C(CS)Cc1ccccc1. The number of H-pyrrole nitrogens is 1. The highest BCUT2D eigenvalue weighted by atomic mass is 32.1. The molecule has 6 heteroatoms. The van der Waals surface area contributed by atoms with E-state index in [1.165, 1.54) is 9.25 Å². The molecule has 2 aromatic carbocycles. The van der Waals surface area contributed by atoms with Crippen LogP contribution in [-0.4, -0.2) is 20.1 Å². The van der Waals surface area contributed by atoms with Crippen LogP contribution in [0.1, 0.15) is 11.6 Å². The number of nitrogens with one attached hydrogen (secondary N) is 1. The van der Waals surface area contributed by atoms with Gasteiger partial charge in [-0.25, -0.2) is 23.9 Å². The van der Waals surface area contributed by atoms with E-state index in [9.17, 15) is 9.59 Å². The molecule has 3 aromatic rings. The first-order valence-electron chi connectivity index (χ1n) is 7.34. The summed E-state index contributed by atoms with van der Waals surface area (Å²) >= 11 is 4.33. The summed E-state index contributed by atoms with van der Waals surface area (Å²) in [4.78, 5) is 24.9. The average molecular weight is 327 g/mol. The van der Waals surface area contributed by atoms with E-state index in [-0.39, 0.29) is 11.7 Å². The molecule has 118 valence electrons. The van der Waals surface area contributed by atoms with E-state index >= 15 is 0 Å². The topological polar surface area (TPSA) is 59.8 Å². The van der Waals surface area contributed by atoms with Crippen molar-refractivity contribution >= 4 is 12.6 Å². The van der Waals surface area contributed by atoms with Crippen molar-refractivity contribution in [2.24, 2.45) is 0 Å². The van der Waals surface area contributed by atoms with Gasteiger partial charge in [-0.3, -0.25) is 0 Å². The molecule has 5 nitrogen and oxygen atoms in total. The summed E-state index contributed by atoms with van der Waals surface area (Å²) in [6, 6.07) is 18.5. The van der Waals surface area contributed by atoms with Crippen molar-refractivity contribution in [3.05, 3.63) is 87.2 Å². The van der Waals surface area contributed by atoms with Crippen LogP contribution in [0.2, 0.25) is 0 Å². The van der Waals surface area contributed by atoms with Crippen LogP contribution in [0.25, 0.3) is 5.69 Å². The Balaban J connectivity index is 2.00. The summed E-state index contributed by atoms with van der Waals surface area (Å²) in [5.41, 5.74) is 0.890. The van der Waals surface area contributed by atoms with Gasteiger partial charge in [0.25, 0.3) is 0 Å². The van der Waals surface area contributed by atoms with Crippen molar-refractivity contribution in [3.8, 4) is 5.69 Å². The first kappa shape index (κ1) is 15.4. The second-order valence-corrected chi connectivity index (χ2v) is 5.63. The summed E-state index contributed by atoms with van der Waals surface area (Å²) in [6.45, 7) is 0. The summed E-state index contributed by atoms with van der Waals surface area (Å²) in [6.07, 6.45) is 0.576. The molecule has 0 aliphatic carbocycles. The predicted molar refractivity (Wildman–Crippen MR) is 93.7 cm³/mol. The molecule has 23 heavy (non-hydrogen) atoms. The van der Waals surface area contributed by atoms with Crippen LogP contribution < -0.4 is 11.4 Å². The third kappa shape index (κ3) is 3.17. The maximum absolute atomic E-state index is 12.6. The zero-order valence-corrected chi connectivity index (χ0v) is 13.3. The van der Waals surface area contributed by atoms with Gasteiger partial charge < -0.3 is 0 Å². The van der Waals surface area contributed by atoms with Crippen LogP contribution in [0.3, 0.4) is 0 Å². The fourth-order valence-electron chi connectivity index (χ4n) is 2.59. The molecular weight excluding hydrogens is 310 g/mol. The zero-order valence-electron chi connectivity index (χ0n) is 12.4. The van der Waals surface area contributed by atoms with E-state index < -0.39 is 5.69 Å². The maximum Gasteiger partial charge on any atom is 0.352 e. The fourth-order valence-corrected chi connectivity index (χ4v) is 2.88. The second kappa shape index (κ2) is 6.75. The van der Waals surface area contributed by atoms with E-state index in [4.69, 9.17) is 0 Å². The minimum absolute atomic E-state index is 0.304. The van der Waals surface area contributed by atoms with Gasteiger partial charge in [-0.15, -0.1) is 0 Å². The number of thiol groups is 1. The lowest BCUT2D eigenvalue weighted by molar-refractivity contribution is 0.520. The number of aromatic nitrogens is 3. The molecule has 1 heterocycles. The number of hydrogen-bond acceptors (Lipinski definition) is 3. The number of rotatable bonds is 5. The highest BCUT2D eigenvalue weighted by Gasteiger charge is 2.19. The first-order chi connectivity index (χ1) is 11.2. The Morgan fingerprint density at radius 1 is 0.957 bits per heavy atom.